The molecule has 0 bridgehead atoms. The molecule has 0 radical (unpaired) electrons. The average Bonchev–Trinajstić information content (AvgIpc) is 2.81. The standard InChI is InChI=1S/C18H19FO/c1-11-9-12(2)17(16(19)10-11)18(20)15-8-7-13-5-3-4-6-14(13)15/h3-6,9-10,15,18,20H,7-8H2,1-2H3. The molecule has 0 aromatic heterocycles. The van der Waals surface area contributed by atoms with Gasteiger partial charge in [0.25, 0.3) is 0 Å². The van der Waals surface area contributed by atoms with E-state index in [1.54, 1.807) is 0 Å². The quantitative estimate of drug-likeness (QED) is 0.867. The summed E-state index contributed by atoms with van der Waals surface area (Å²) in [5.41, 5.74) is 4.63. The molecule has 1 aliphatic carbocycles. The first-order valence-electron chi connectivity index (χ1n) is 7.10. The van der Waals surface area contributed by atoms with Crippen molar-refractivity contribution in [2.24, 2.45) is 0 Å². The lowest BCUT2D eigenvalue weighted by Gasteiger charge is -2.22. The van der Waals surface area contributed by atoms with Gasteiger partial charge >= 0.3 is 0 Å². The van der Waals surface area contributed by atoms with Crippen molar-refractivity contribution >= 4 is 0 Å². The smallest absolute Gasteiger partial charge is 0.129 e. The van der Waals surface area contributed by atoms with Crippen molar-refractivity contribution in [1.29, 1.82) is 0 Å². The number of halogens is 1. The maximum atomic E-state index is 14.2. The Bertz CT molecular complexity index is 625. The predicted molar refractivity (Wildman–Crippen MR) is 78.3 cm³/mol. The second-order valence-electron chi connectivity index (χ2n) is 5.77. The number of hydrogen-bond donors (Lipinski definition) is 1. The third-order valence-electron chi connectivity index (χ3n) is 4.34. The average molecular weight is 270 g/mol. The number of aliphatic hydroxyl groups is 1. The van der Waals surface area contributed by atoms with Gasteiger partial charge in [0.1, 0.15) is 5.82 Å². The van der Waals surface area contributed by atoms with E-state index in [4.69, 9.17) is 0 Å². The summed E-state index contributed by atoms with van der Waals surface area (Å²) < 4.78 is 14.2. The Hall–Kier alpha value is -1.67. The van der Waals surface area contributed by atoms with E-state index >= 15 is 0 Å². The summed E-state index contributed by atoms with van der Waals surface area (Å²) in [6, 6.07) is 11.6. The summed E-state index contributed by atoms with van der Waals surface area (Å²) in [5.74, 6) is -0.290. The maximum Gasteiger partial charge on any atom is 0.129 e. The molecule has 0 saturated heterocycles. The minimum absolute atomic E-state index is 0.00195. The van der Waals surface area contributed by atoms with E-state index < -0.39 is 6.10 Å². The minimum Gasteiger partial charge on any atom is -0.388 e. The molecule has 0 aliphatic heterocycles. The minimum atomic E-state index is -0.765. The van der Waals surface area contributed by atoms with Crippen LogP contribution >= 0.6 is 0 Å². The first-order valence-corrected chi connectivity index (χ1v) is 7.10. The number of hydrogen-bond acceptors (Lipinski definition) is 1. The monoisotopic (exact) mass is 270 g/mol. The van der Waals surface area contributed by atoms with Crippen molar-refractivity contribution in [3.63, 3.8) is 0 Å². The molecule has 2 atom stereocenters. The first kappa shape index (κ1) is 13.3. The highest BCUT2D eigenvalue weighted by atomic mass is 19.1. The van der Waals surface area contributed by atoms with E-state index in [0.29, 0.717) is 5.56 Å². The summed E-state index contributed by atoms with van der Waals surface area (Å²) in [6.45, 7) is 3.74. The van der Waals surface area contributed by atoms with Gasteiger partial charge < -0.3 is 5.11 Å². The molecule has 1 N–H and O–H groups in total. The molecule has 0 saturated carbocycles. The molecule has 3 rings (SSSR count). The number of aryl methyl sites for hydroxylation is 3. The lowest BCUT2D eigenvalue weighted by Crippen LogP contribution is -2.12. The fourth-order valence-corrected chi connectivity index (χ4v) is 3.42. The Morgan fingerprint density at radius 3 is 2.70 bits per heavy atom. The van der Waals surface area contributed by atoms with Crippen molar-refractivity contribution in [3.05, 3.63) is 70.0 Å². The molecule has 2 aromatic rings. The zero-order valence-corrected chi connectivity index (χ0v) is 11.9. The van der Waals surface area contributed by atoms with Gasteiger partial charge in [0.05, 0.1) is 6.10 Å². The van der Waals surface area contributed by atoms with Crippen molar-refractivity contribution in [3.8, 4) is 0 Å². The molecular formula is C18H19FO. The highest BCUT2D eigenvalue weighted by molar-refractivity contribution is 5.40. The fourth-order valence-electron chi connectivity index (χ4n) is 3.42. The normalized spacial score (nSPS) is 18.9. The van der Waals surface area contributed by atoms with Crippen molar-refractivity contribution in [2.75, 3.05) is 0 Å². The number of benzene rings is 2. The van der Waals surface area contributed by atoms with Crippen LogP contribution in [0.1, 0.15) is 46.3 Å². The molecule has 0 heterocycles. The van der Waals surface area contributed by atoms with Crippen LogP contribution in [0.15, 0.2) is 36.4 Å². The van der Waals surface area contributed by atoms with Crippen LogP contribution in [-0.2, 0) is 6.42 Å². The van der Waals surface area contributed by atoms with Gasteiger partial charge in [-0.2, -0.15) is 0 Å². The van der Waals surface area contributed by atoms with Gasteiger partial charge in [-0.3, -0.25) is 0 Å². The van der Waals surface area contributed by atoms with Crippen LogP contribution in [0, 0.1) is 19.7 Å². The zero-order chi connectivity index (χ0) is 14.3. The summed E-state index contributed by atoms with van der Waals surface area (Å²) in [6.07, 6.45) is 1.08. The maximum absolute atomic E-state index is 14.2. The molecule has 0 amide bonds. The van der Waals surface area contributed by atoms with Crippen molar-refractivity contribution in [1.82, 2.24) is 0 Å². The van der Waals surface area contributed by atoms with Gasteiger partial charge in [-0.25, -0.2) is 4.39 Å². The molecule has 2 unspecified atom stereocenters. The number of fused-ring (bicyclic) bond motifs is 1. The van der Waals surface area contributed by atoms with Crippen LogP contribution in [0.2, 0.25) is 0 Å². The molecule has 2 aromatic carbocycles. The van der Waals surface area contributed by atoms with Crippen molar-refractivity contribution < 1.29 is 9.50 Å². The van der Waals surface area contributed by atoms with Gasteiger partial charge in [-0.1, -0.05) is 30.3 Å². The fraction of sp³-hybridized carbons (Fsp3) is 0.333. The number of rotatable bonds is 2. The van der Waals surface area contributed by atoms with Gasteiger partial charge in [0, 0.05) is 11.5 Å². The van der Waals surface area contributed by atoms with Gasteiger partial charge in [-0.05, 0) is 55.0 Å². The summed E-state index contributed by atoms with van der Waals surface area (Å²) in [5, 5.41) is 10.7. The van der Waals surface area contributed by atoms with Gasteiger partial charge in [-0.15, -0.1) is 0 Å². The second-order valence-corrected chi connectivity index (χ2v) is 5.77. The molecule has 2 heteroatoms. The summed E-state index contributed by atoms with van der Waals surface area (Å²) in [7, 11) is 0. The van der Waals surface area contributed by atoms with E-state index in [9.17, 15) is 9.50 Å². The molecule has 1 nitrogen and oxygen atoms in total. The van der Waals surface area contributed by atoms with E-state index in [0.717, 1.165) is 24.0 Å². The van der Waals surface area contributed by atoms with Gasteiger partial charge in [0.15, 0.2) is 0 Å². The first-order chi connectivity index (χ1) is 9.58. The van der Waals surface area contributed by atoms with Crippen LogP contribution in [0.25, 0.3) is 0 Å². The molecule has 104 valence electrons. The lowest BCUT2D eigenvalue weighted by atomic mass is 9.88. The van der Waals surface area contributed by atoms with Crippen LogP contribution < -0.4 is 0 Å². The summed E-state index contributed by atoms with van der Waals surface area (Å²) >= 11 is 0. The Morgan fingerprint density at radius 2 is 1.95 bits per heavy atom. The Balaban J connectivity index is 2.01. The highest BCUT2D eigenvalue weighted by Crippen LogP contribution is 2.42. The van der Waals surface area contributed by atoms with Crippen LogP contribution in [-0.4, -0.2) is 5.11 Å². The third kappa shape index (κ3) is 2.14. The van der Waals surface area contributed by atoms with E-state index in [1.807, 2.05) is 32.0 Å². The SMILES string of the molecule is Cc1cc(C)c(C(O)C2CCc3ccccc32)c(F)c1. The third-order valence-corrected chi connectivity index (χ3v) is 4.34. The summed E-state index contributed by atoms with van der Waals surface area (Å²) in [4.78, 5) is 0. The molecule has 0 fully saturated rings. The topological polar surface area (TPSA) is 20.2 Å². The van der Waals surface area contributed by atoms with E-state index in [1.165, 1.54) is 17.2 Å². The Morgan fingerprint density at radius 1 is 1.20 bits per heavy atom. The molecule has 0 spiro atoms. The predicted octanol–water partition coefficient (Wildman–Crippen LogP) is 4.21. The van der Waals surface area contributed by atoms with E-state index in [-0.39, 0.29) is 11.7 Å². The molecular weight excluding hydrogens is 251 g/mol. The Kier molecular flexibility index (Phi) is 3.35. The van der Waals surface area contributed by atoms with Crippen LogP contribution in [0.5, 0.6) is 0 Å². The second kappa shape index (κ2) is 5.02. The van der Waals surface area contributed by atoms with Crippen molar-refractivity contribution in [2.45, 2.75) is 38.7 Å². The molecule has 20 heavy (non-hydrogen) atoms. The lowest BCUT2D eigenvalue weighted by molar-refractivity contribution is 0.140. The zero-order valence-electron chi connectivity index (χ0n) is 11.9. The van der Waals surface area contributed by atoms with Crippen LogP contribution in [0.3, 0.4) is 0 Å². The van der Waals surface area contributed by atoms with Crippen LogP contribution in [0.4, 0.5) is 4.39 Å². The Labute approximate surface area is 119 Å². The largest absolute Gasteiger partial charge is 0.388 e. The number of aliphatic hydroxyl groups excluding tert-OH is 1. The highest BCUT2D eigenvalue weighted by Gasteiger charge is 2.31. The molecule has 1 aliphatic rings. The van der Waals surface area contributed by atoms with E-state index in [2.05, 4.69) is 12.1 Å². The van der Waals surface area contributed by atoms with Gasteiger partial charge in [0.2, 0.25) is 0 Å².